The molecule has 0 atom stereocenters. The zero-order chi connectivity index (χ0) is 11.5. The average Bonchev–Trinajstić information content (AvgIpc) is 2.17. The van der Waals surface area contributed by atoms with Crippen molar-refractivity contribution in [1.29, 1.82) is 0 Å². The lowest BCUT2D eigenvalue weighted by Gasteiger charge is -2.22. The molecule has 0 bridgehead atoms. The predicted molar refractivity (Wildman–Crippen MR) is 61.3 cm³/mol. The zero-order valence-electron chi connectivity index (χ0n) is 9.50. The number of hydrogen-bond donors (Lipinski definition) is 2. The van der Waals surface area contributed by atoms with Crippen LogP contribution >= 0.6 is 0 Å². The fraction of sp³-hybridized carbons (Fsp3) is 0.417. The molecule has 0 saturated heterocycles. The number of carbonyl (C=O) groups is 1. The fourth-order valence-corrected chi connectivity index (χ4v) is 1.12. The number of primary amides is 1. The number of aryl methyl sites for hydroxylation is 1. The Morgan fingerprint density at radius 3 is 2.33 bits per heavy atom. The summed E-state index contributed by atoms with van der Waals surface area (Å²) in [4.78, 5) is 11.1. The maximum Gasteiger partial charge on any atom is 0.237 e. The van der Waals surface area contributed by atoms with Crippen molar-refractivity contribution in [3.8, 4) is 0 Å². The Labute approximate surface area is 90.7 Å². The van der Waals surface area contributed by atoms with Gasteiger partial charge in [0.05, 0.1) is 5.54 Å². The van der Waals surface area contributed by atoms with E-state index < -0.39 is 5.54 Å². The van der Waals surface area contributed by atoms with Gasteiger partial charge in [0.1, 0.15) is 0 Å². The van der Waals surface area contributed by atoms with Crippen LogP contribution in [0.25, 0.3) is 0 Å². The maximum absolute atomic E-state index is 11.1. The van der Waals surface area contributed by atoms with E-state index in [9.17, 15) is 4.79 Å². The molecule has 0 fully saturated rings. The summed E-state index contributed by atoms with van der Waals surface area (Å²) in [6, 6.07) is 8.18. The highest BCUT2D eigenvalue weighted by Crippen LogP contribution is 2.06. The highest BCUT2D eigenvalue weighted by Gasteiger charge is 2.23. The van der Waals surface area contributed by atoms with Crippen LogP contribution in [0, 0.1) is 6.92 Å². The predicted octanol–water partition coefficient (Wildman–Crippen LogP) is 1.35. The molecule has 0 aliphatic heterocycles. The Morgan fingerprint density at radius 1 is 1.33 bits per heavy atom. The van der Waals surface area contributed by atoms with Crippen LogP contribution < -0.4 is 11.1 Å². The van der Waals surface area contributed by atoms with Gasteiger partial charge in [-0.05, 0) is 26.3 Å². The zero-order valence-corrected chi connectivity index (χ0v) is 9.50. The number of nitrogens with one attached hydrogen (secondary N) is 1. The maximum atomic E-state index is 11.1. The Kier molecular flexibility index (Phi) is 3.48. The van der Waals surface area contributed by atoms with Gasteiger partial charge in [-0.2, -0.15) is 0 Å². The minimum atomic E-state index is -0.662. The molecule has 82 valence electrons. The lowest BCUT2D eigenvalue weighted by atomic mass is 10.0. The molecule has 0 heterocycles. The SMILES string of the molecule is Cc1ccc(CNC(C)(C)C(N)=O)cc1. The van der Waals surface area contributed by atoms with Crippen LogP contribution in [0.2, 0.25) is 0 Å². The van der Waals surface area contributed by atoms with Crippen molar-refractivity contribution in [2.75, 3.05) is 0 Å². The summed E-state index contributed by atoms with van der Waals surface area (Å²) in [5, 5.41) is 3.12. The van der Waals surface area contributed by atoms with Gasteiger partial charge in [-0.25, -0.2) is 0 Å². The van der Waals surface area contributed by atoms with Gasteiger partial charge in [-0.15, -0.1) is 0 Å². The largest absolute Gasteiger partial charge is 0.368 e. The second kappa shape index (κ2) is 4.45. The second-order valence-corrected chi connectivity index (χ2v) is 4.33. The standard InChI is InChI=1S/C12H18N2O/c1-9-4-6-10(7-5-9)8-14-12(2,3)11(13)15/h4-7,14H,8H2,1-3H3,(H2,13,15). The number of rotatable bonds is 4. The molecule has 1 aromatic carbocycles. The van der Waals surface area contributed by atoms with Crippen molar-refractivity contribution >= 4 is 5.91 Å². The van der Waals surface area contributed by atoms with E-state index >= 15 is 0 Å². The Morgan fingerprint density at radius 2 is 1.87 bits per heavy atom. The number of benzene rings is 1. The van der Waals surface area contributed by atoms with Crippen LogP contribution in [-0.2, 0) is 11.3 Å². The Balaban J connectivity index is 2.57. The Hall–Kier alpha value is -1.35. The number of nitrogens with two attached hydrogens (primary N) is 1. The van der Waals surface area contributed by atoms with Crippen molar-refractivity contribution in [1.82, 2.24) is 5.32 Å². The first-order valence-corrected chi connectivity index (χ1v) is 5.02. The normalized spacial score (nSPS) is 11.4. The minimum Gasteiger partial charge on any atom is -0.368 e. The average molecular weight is 206 g/mol. The van der Waals surface area contributed by atoms with Crippen molar-refractivity contribution in [2.24, 2.45) is 5.73 Å². The van der Waals surface area contributed by atoms with Crippen molar-refractivity contribution in [3.05, 3.63) is 35.4 Å². The second-order valence-electron chi connectivity index (χ2n) is 4.33. The van der Waals surface area contributed by atoms with Crippen LogP contribution in [0.15, 0.2) is 24.3 Å². The van der Waals surface area contributed by atoms with Crippen LogP contribution in [0.3, 0.4) is 0 Å². The lowest BCUT2D eigenvalue weighted by Crippen LogP contribution is -2.50. The van der Waals surface area contributed by atoms with Gasteiger partial charge in [0.15, 0.2) is 0 Å². The fourth-order valence-electron chi connectivity index (χ4n) is 1.12. The van der Waals surface area contributed by atoms with Crippen molar-refractivity contribution < 1.29 is 4.79 Å². The summed E-state index contributed by atoms with van der Waals surface area (Å²) in [5.74, 6) is -0.338. The summed E-state index contributed by atoms with van der Waals surface area (Å²) in [6.07, 6.45) is 0. The number of carbonyl (C=O) groups excluding carboxylic acids is 1. The van der Waals surface area contributed by atoms with Gasteiger partial charge in [-0.3, -0.25) is 10.1 Å². The molecule has 15 heavy (non-hydrogen) atoms. The summed E-state index contributed by atoms with van der Waals surface area (Å²) in [7, 11) is 0. The number of amides is 1. The smallest absolute Gasteiger partial charge is 0.237 e. The molecule has 1 amide bonds. The summed E-state index contributed by atoms with van der Waals surface area (Å²) < 4.78 is 0. The minimum absolute atomic E-state index is 0.338. The molecule has 3 heteroatoms. The topological polar surface area (TPSA) is 55.1 Å². The van der Waals surface area contributed by atoms with Crippen molar-refractivity contribution in [3.63, 3.8) is 0 Å². The van der Waals surface area contributed by atoms with E-state index in [0.29, 0.717) is 6.54 Å². The van der Waals surface area contributed by atoms with E-state index in [1.807, 2.05) is 31.2 Å². The summed E-state index contributed by atoms with van der Waals surface area (Å²) in [6.45, 7) is 6.26. The highest BCUT2D eigenvalue weighted by atomic mass is 16.1. The molecule has 0 aliphatic rings. The Bertz CT molecular complexity index is 341. The molecular weight excluding hydrogens is 188 g/mol. The van der Waals surface area contributed by atoms with Crippen LogP contribution in [0.5, 0.6) is 0 Å². The molecule has 0 aromatic heterocycles. The third-order valence-electron chi connectivity index (χ3n) is 2.47. The molecule has 1 aromatic rings. The van der Waals surface area contributed by atoms with E-state index in [4.69, 9.17) is 5.73 Å². The quantitative estimate of drug-likeness (QED) is 0.781. The molecule has 1 rings (SSSR count). The van der Waals surface area contributed by atoms with Crippen molar-refractivity contribution in [2.45, 2.75) is 32.9 Å². The van der Waals surface area contributed by atoms with Gasteiger partial charge in [-0.1, -0.05) is 29.8 Å². The van der Waals surface area contributed by atoms with Crippen LogP contribution in [-0.4, -0.2) is 11.4 Å². The van der Waals surface area contributed by atoms with E-state index in [1.165, 1.54) is 5.56 Å². The third kappa shape index (κ3) is 3.36. The first-order chi connectivity index (χ1) is 6.92. The van der Waals surface area contributed by atoms with Crippen LogP contribution in [0.1, 0.15) is 25.0 Å². The summed E-state index contributed by atoms with van der Waals surface area (Å²) >= 11 is 0. The van der Waals surface area contributed by atoms with Gasteiger partial charge < -0.3 is 5.73 Å². The van der Waals surface area contributed by atoms with Gasteiger partial charge in [0, 0.05) is 6.54 Å². The molecule has 0 spiro atoms. The van der Waals surface area contributed by atoms with E-state index in [-0.39, 0.29) is 5.91 Å². The lowest BCUT2D eigenvalue weighted by molar-refractivity contribution is -0.123. The first kappa shape index (κ1) is 11.7. The monoisotopic (exact) mass is 206 g/mol. The molecule has 3 nitrogen and oxygen atoms in total. The highest BCUT2D eigenvalue weighted by molar-refractivity contribution is 5.83. The molecule has 0 unspecified atom stereocenters. The molecule has 0 saturated carbocycles. The number of hydrogen-bond acceptors (Lipinski definition) is 2. The third-order valence-corrected chi connectivity index (χ3v) is 2.47. The molecular formula is C12H18N2O. The van der Waals surface area contributed by atoms with E-state index in [1.54, 1.807) is 13.8 Å². The van der Waals surface area contributed by atoms with Crippen LogP contribution in [0.4, 0.5) is 0 Å². The summed E-state index contributed by atoms with van der Waals surface area (Å²) in [5.41, 5.74) is 6.97. The van der Waals surface area contributed by atoms with Gasteiger partial charge >= 0.3 is 0 Å². The molecule has 0 aliphatic carbocycles. The molecule has 0 radical (unpaired) electrons. The van der Waals surface area contributed by atoms with E-state index in [2.05, 4.69) is 5.32 Å². The van der Waals surface area contributed by atoms with Gasteiger partial charge in [0.2, 0.25) is 5.91 Å². The van der Waals surface area contributed by atoms with E-state index in [0.717, 1.165) is 5.56 Å². The van der Waals surface area contributed by atoms with Gasteiger partial charge in [0.25, 0.3) is 0 Å². The molecule has 3 N–H and O–H groups in total. The first-order valence-electron chi connectivity index (χ1n) is 5.02.